The summed E-state index contributed by atoms with van der Waals surface area (Å²) >= 11 is 0. The molecule has 82 valence electrons. The third-order valence-corrected chi connectivity index (χ3v) is 2.19. The summed E-state index contributed by atoms with van der Waals surface area (Å²) in [6.45, 7) is 1.69. The molecule has 1 amide bonds. The predicted molar refractivity (Wildman–Crippen MR) is 59.7 cm³/mol. The Hall–Kier alpha value is -1.42. The van der Waals surface area contributed by atoms with E-state index in [9.17, 15) is 4.79 Å². The van der Waals surface area contributed by atoms with Crippen LogP contribution in [0.4, 0.5) is 0 Å². The van der Waals surface area contributed by atoms with Crippen LogP contribution in [-0.4, -0.2) is 43.0 Å². The molecule has 0 aliphatic carbocycles. The smallest absolute Gasteiger partial charge is 0.253 e. The Bertz CT molecular complexity index is 300. The summed E-state index contributed by atoms with van der Waals surface area (Å²) in [5.41, 5.74) is 0.692. The lowest BCUT2D eigenvalue weighted by atomic mass is 10.2. The Balaban J connectivity index is 2.46. The van der Waals surface area contributed by atoms with Gasteiger partial charge in [0.05, 0.1) is 0 Å². The van der Waals surface area contributed by atoms with Crippen molar-refractivity contribution in [3.8, 4) is 0 Å². The third kappa shape index (κ3) is 3.67. The van der Waals surface area contributed by atoms with E-state index in [1.807, 2.05) is 14.1 Å². The Morgan fingerprint density at radius 2 is 2.13 bits per heavy atom. The highest BCUT2D eigenvalue weighted by Gasteiger charge is 2.09. The summed E-state index contributed by atoms with van der Waals surface area (Å²) in [7, 11) is 3.73. The van der Waals surface area contributed by atoms with E-state index >= 15 is 0 Å². The van der Waals surface area contributed by atoms with E-state index in [4.69, 9.17) is 0 Å². The van der Waals surface area contributed by atoms with Crippen LogP contribution in [-0.2, 0) is 0 Å². The number of amides is 1. The molecule has 0 bridgehead atoms. The number of aromatic nitrogens is 1. The Labute approximate surface area is 90.3 Å². The SMILES string of the molecule is CNCCCN(C)C(=O)c1ccncc1. The first kappa shape index (κ1) is 11.7. The molecular formula is C11H17N3O. The van der Waals surface area contributed by atoms with Crippen molar-refractivity contribution in [2.45, 2.75) is 6.42 Å². The first-order valence-electron chi connectivity index (χ1n) is 5.06. The molecule has 0 atom stereocenters. The number of carbonyl (C=O) groups excluding carboxylic acids is 1. The van der Waals surface area contributed by atoms with Gasteiger partial charge in [-0.3, -0.25) is 9.78 Å². The molecule has 0 saturated carbocycles. The molecule has 1 rings (SSSR count). The maximum Gasteiger partial charge on any atom is 0.253 e. The molecule has 15 heavy (non-hydrogen) atoms. The molecule has 0 radical (unpaired) electrons. The van der Waals surface area contributed by atoms with Crippen LogP contribution in [0.2, 0.25) is 0 Å². The van der Waals surface area contributed by atoms with Crippen LogP contribution >= 0.6 is 0 Å². The molecule has 0 unspecified atom stereocenters. The van der Waals surface area contributed by atoms with Gasteiger partial charge in [-0.15, -0.1) is 0 Å². The minimum absolute atomic E-state index is 0.0495. The first-order valence-corrected chi connectivity index (χ1v) is 5.06. The lowest BCUT2D eigenvalue weighted by molar-refractivity contribution is 0.0793. The number of rotatable bonds is 5. The minimum atomic E-state index is 0.0495. The highest BCUT2D eigenvalue weighted by molar-refractivity contribution is 5.93. The van der Waals surface area contributed by atoms with Crippen LogP contribution in [0.15, 0.2) is 24.5 Å². The molecule has 0 saturated heterocycles. The van der Waals surface area contributed by atoms with Gasteiger partial charge in [0, 0.05) is 31.5 Å². The quantitative estimate of drug-likeness (QED) is 0.725. The fourth-order valence-corrected chi connectivity index (χ4v) is 1.31. The van der Waals surface area contributed by atoms with Gasteiger partial charge in [-0.05, 0) is 32.1 Å². The van der Waals surface area contributed by atoms with Crippen molar-refractivity contribution in [2.24, 2.45) is 0 Å². The molecule has 1 heterocycles. The van der Waals surface area contributed by atoms with Crippen LogP contribution in [0.1, 0.15) is 16.8 Å². The van der Waals surface area contributed by atoms with E-state index in [-0.39, 0.29) is 5.91 Å². The highest BCUT2D eigenvalue weighted by atomic mass is 16.2. The van der Waals surface area contributed by atoms with Gasteiger partial charge in [-0.25, -0.2) is 0 Å². The molecule has 0 aliphatic heterocycles. The monoisotopic (exact) mass is 207 g/mol. The number of nitrogens with zero attached hydrogens (tertiary/aromatic N) is 2. The molecular weight excluding hydrogens is 190 g/mol. The summed E-state index contributed by atoms with van der Waals surface area (Å²) in [5, 5.41) is 3.05. The van der Waals surface area contributed by atoms with E-state index in [0.717, 1.165) is 19.5 Å². The third-order valence-electron chi connectivity index (χ3n) is 2.19. The molecule has 0 aromatic carbocycles. The van der Waals surface area contributed by atoms with Crippen LogP contribution in [0.3, 0.4) is 0 Å². The molecule has 0 aliphatic rings. The summed E-state index contributed by atoms with van der Waals surface area (Å²) < 4.78 is 0. The number of carbonyl (C=O) groups is 1. The minimum Gasteiger partial charge on any atom is -0.342 e. The first-order chi connectivity index (χ1) is 7.25. The molecule has 0 fully saturated rings. The van der Waals surface area contributed by atoms with Gasteiger partial charge in [0.2, 0.25) is 0 Å². The normalized spacial score (nSPS) is 10.0. The summed E-state index contributed by atoms with van der Waals surface area (Å²) in [6.07, 6.45) is 4.23. The van der Waals surface area contributed by atoms with Crippen molar-refractivity contribution >= 4 is 5.91 Å². The van der Waals surface area contributed by atoms with Gasteiger partial charge < -0.3 is 10.2 Å². The van der Waals surface area contributed by atoms with Gasteiger partial charge >= 0.3 is 0 Å². The zero-order valence-corrected chi connectivity index (χ0v) is 9.23. The molecule has 4 heteroatoms. The number of nitrogens with one attached hydrogen (secondary N) is 1. The number of pyridine rings is 1. The summed E-state index contributed by atoms with van der Waals surface area (Å²) in [6, 6.07) is 3.47. The second kappa shape index (κ2) is 6.14. The Morgan fingerprint density at radius 3 is 2.73 bits per heavy atom. The van der Waals surface area contributed by atoms with Crippen molar-refractivity contribution in [2.75, 3.05) is 27.2 Å². The lowest BCUT2D eigenvalue weighted by Gasteiger charge is -2.16. The van der Waals surface area contributed by atoms with Crippen molar-refractivity contribution in [1.29, 1.82) is 0 Å². The van der Waals surface area contributed by atoms with Gasteiger partial charge in [-0.2, -0.15) is 0 Å². The molecule has 4 nitrogen and oxygen atoms in total. The van der Waals surface area contributed by atoms with E-state index < -0.39 is 0 Å². The Kier molecular flexibility index (Phi) is 4.77. The predicted octanol–water partition coefficient (Wildman–Crippen LogP) is 0.763. The van der Waals surface area contributed by atoms with Crippen molar-refractivity contribution in [3.05, 3.63) is 30.1 Å². The maximum atomic E-state index is 11.8. The largest absolute Gasteiger partial charge is 0.342 e. The summed E-state index contributed by atoms with van der Waals surface area (Å²) in [4.78, 5) is 17.4. The van der Waals surface area contributed by atoms with Crippen LogP contribution in [0, 0.1) is 0 Å². The molecule has 1 aromatic heterocycles. The van der Waals surface area contributed by atoms with Gasteiger partial charge in [-0.1, -0.05) is 0 Å². The molecule has 1 aromatic rings. The van der Waals surface area contributed by atoms with Gasteiger partial charge in [0.25, 0.3) is 5.91 Å². The molecule has 1 N–H and O–H groups in total. The molecule has 0 spiro atoms. The van der Waals surface area contributed by atoms with E-state index in [0.29, 0.717) is 5.56 Å². The van der Waals surface area contributed by atoms with Gasteiger partial charge in [0.15, 0.2) is 0 Å². The zero-order valence-electron chi connectivity index (χ0n) is 9.23. The highest BCUT2D eigenvalue weighted by Crippen LogP contribution is 2.01. The Morgan fingerprint density at radius 1 is 1.47 bits per heavy atom. The number of hydrogen-bond acceptors (Lipinski definition) is 3. The van der Waals surface area contributed by atoms with Crippen LogP contribution in [0.25, 0.3) is 0 Å². The van der Waals surface area contributed by atoms with Crippen LogP contribution < -0.4 is 5.32 Å². The maximum absolute atomic E-state index is 11.8. The average Bonchev–Trinajstić information content (AvgIpc) is 2.29. The number of hydrogen-bond donors (Lipinski definition) is 1. The second-order valence-corrected chi connectivity index (χ2v) is 3.42. The summed E-state index contributed by atoms with van der Waals surface area (Å²) in [5.74, 6) is 0.0495. The zero-order chi connectivity index (χ0) is 11.1. The van der Waals surface area contributed by atoms with Gasteiger partial charge in [0.1, 0.15) is 0 Å². The fourth-order valence-electron chi connectivity index (χ4n) is 1.31. The second-order valence-electron chi connectivity index (χ2n) is 3.42. The van der Waals surface area contributed by atoms with Crippen molar-refractivity contribution < 1.29 is 4.79 Å². The van der Waals surface area contributed by atoms with E-state index in [2.05, 4.69) is 10.3 Å². The lowest BCUT2D eigenvalue weighted by Crippen LogP contribution is -2.29. The van der Waals surface area contributed by atoms with E-state index in [1.165, 1.54) is 0 Å². The fraction of sp³-hybridized carbons (Fsp3) is 0.455. The van der Waals surface area contributed by atoms with E-state index in [1.54, 1.807) is 29.4 Å². The van der Waals surface area contributed by atoms with Crippen molar-refractivity contribution in [3.63, 3.8) is 0 Å². The average molecular weight is 207 g/mol. The van der Waals surface area contributed by atoms with Crippen LogP contribution in [0.5, 0.6) is 0 Å². The standard InChI is InChI=1S/C11H17N3O/c1-12-6-3-9-14(2)11(15)10-4-7-13-8-5-10/h4-5,7-8,12H,3,6,9H2,1-2H3. The topological polar surface area (TPSA) is 45.2 Å². The van der Waals surface area contributed by atoms with Crippen molar-refractivity contribution in [1.82, 2.24) is 15.2 Å².